The highest BCUT2D eigenvalue weighted by Crippen LogP contribution is 2.37. The van der Waals surface area contributed by atoms with Gasteiger partial charge in [0.2, 0.25) is 0 Å². The molecule has 0 spiro atoms. The van der Waals surface area contributed by atoms with Gasteiger partial charge in [0.1, 0.15) is 28.0 Å². The third-order valence-corrected chi connectivity index (χ3v) is 4.95. The fraction of sp³-hybridized carbons (Fsp3) is 0.111. The lowest BCUT2D eigenvalue weighted by molar-refractivity contribution is 0.400. The van der Waals surface area contributed by atoms with Gasteiger partial charge in [-0.25, -0.2) is 17.2 Å². The van der Waals surface area contributed by atoms with Crippen LogP contribution in [0.3, 0.4) is 0 Å². The third kappa shape index (κ3) is 3.09. The number of hydrogen-bond acceptors (Lipinski definition) is 5. The molecule has 0 bridgehead atoms. The molecule has 3 rings (SSSR count). The first-order chi connectivity index (χ1) is 12.2. The molecule has 0 atom stereocenters. The zero-order valence-electron chi connectivity index (χ0n) is 13.7. The van der Waals surface area contributed by atoms with Gasteiger partial charge in [-0.05, 0) is 31.2 Å². The Balaban J connectivity index is 2.21. The third-order valence-electron chi connectivity index (χ3n) is 3.84. The maximum atomic E-state index is 14.6. The number of nitrogens with zero attached hydrogens (tertiary/aromatic N) is 2. The van der Waals surface area contributed by atoms with E-state index in [0.29, 0.717) is 17.2 Å². The molecule has 0 unspecified atom stereocenters. The maximum absolute atomic E-state index is 14.6. The lowest BCUT2D eigenvalue weighted by Gasteiger charge is -2.08. The van der Waals surface area contributed by atoms with Crippen molar-refractivity contribution in [1.82, 2.24) is 5.16 Å². The second-order valence-corrected chi connectivity index (χ2v) is 7.67. The molecule has 0 aliphatic carbocycles. The Kier molecular flexibility index (Phi) is 4.34. The summed E-state index contributed by atoms with van der Waals surface area (Å²) in [6.45, 7) is 1.54. The summed E-state index contributed by atoms with van der Waals surface area (Å²) < 4.78 is 57.1. The number of halogens is 2. The van der Waals surface area contributed by atoms with E-state index in [1.807, 2.05) is 6.07 Å². The SMILES string of the molecule is Cc1onc(-c2ccc(C#N)cc2)c1-c1cc(F)c(S(C)(=O)=O)cc1F. The van der Waals surface area contributed by atoms with Crippen molar-refractivity contribution in [2.75, 3.05) is 6.26 Å². The normalized spacial score (nSPS) is 11.3. The van der Waals surface area contributed by atoms with Crippen LogP contribution in [0.1, 0.15) is 11.3 Å². The Morgan fingerprint density at radius 2 is 1.77 bits per heavy atom. The summed E-state index contributed by atoms with van der Waals surface area (Å²) in [6, 6.07) is 9.79. The Hall–Kier alpha value is -3.05. The van der Waals surface area contributed by atoms with Gasteiger partial charge in [0, 0.05) is 17.4 Å². The summed E-state index contributed by atoms with van der Waals surface area (Å²) in [5.74, 6) is -1.72. The van der Waals surface area contributed by atoms with E-state index in [1.54, 1.807) is 24.3 Å². The highest BCUT2D eigenvalue weighted by atomic mass is 32.2. The Labute approximate surface area is 148 Å². The maximum Gasteiger partial charge on any atom is 0.178 e. The number of sulfone groups is 1. The topological polar surface area (TPSA) is 84.0 Å². The number of hydrogen-bond donors (Lipinski definition) is 0. The molecule has 3 aromatic rings. The largest absolute Gasteiger partial charge is 0.360 e. The predicted octanol–water partition coefficient (Wildman–Crippen LogP) is 3.87. The van der Waals surface area contributed by atoms with Crippen LogP contribution < -0.4 is 0 Å². The van der Waals surface area contributed by atoms with Gasteiger partial charge >= 0.3 is 0 Å². The zero-order valence-corrected chi connectivity index (χ0v) is 14.6. The summed E-state index contributed by atoms with van der Waals surface area (Å²) in [5.41, 5.74) is 1.30. The minimum Gasteiger partial charge on any atom is -0.360 e. The summed E-state index contributed by atoms with van der Waals surface area (Å²) >= 11 is 0. The molecule has 0 fully saturated rings. The molecule has 0 amide bonds. The van der Waals surface area contributed by atoms with E-state index in [1.165, 1.54) is 6.92 Å². The van der Waals surface area contributed by atoms with Crippen molar-refractivity contribution < 1.29 is 21.7 Å². The van der Waals surface area contributed by atoms with Gasteiger partial charge < -0.3 is 4.52 Å². The van der Waals surface area contributed by atoms with Crippen LogP contribution in [0.15, 0.2) is 45.8 Å². The molecule has 1 heterocycles. The van der Waals surface area contributed by atoms with Gasteiger partial charge in [-0.15, -0.1) is 0 Å². The van der Waals surface area contributed by atoms with Gasteiger partial charge in [0.25, 0.3) is 0 Å². The van der Waals surface area contributed by atoms with Crippen molar-refractivity contribution >= 4 is 9.84 Å². The van der Waals surface area contributed by atoms with Crippen molar-refractivity contribution in [2.24, 2.45) is 0 Å². The predicted molar refractivity (Wildman–Crippen MR) is 89.9 cm³/mol. The smallest absolute Gasteiger partial charge is 0.178 e. The highest BCUT2D eigenvalue weighted by molar-refractivity contribution is 7.90. The van der Waals surface area contributed by atoms with E-state index in [0.717, 1.165) is 12.3 Å². The molecule has 0 saturated carbocycles. The fourth-order valence-electron chi connectivity index (χ4n) is 2.59. The second kappa shape index (κ2) is 6.35. The van der Waals surface area contributed by atoms with E-state index >= 15 is 0 Å². The molecule has 0 radical (unpaired) electrons. The molecular formula is C18H12F2N2O3S. The molecule has 0 aliphatic heterocycles. The quantitative estimate of drug-likeness (QED) is 0.695. The fourth-order valence-corrected chi connectivity index (χ4v) is 3.32. The van der Waals surface area contributed by atoms with E-state index in [9.17, 15) is 17.2 Å². The lowest BCUT2D eigenvalue weighted by Crippen LogP contribution is -2.03. The van der Waals surface area contributed by atoms with E-state index in [-0.39, 0.29) is 22.6 Å². The first-order valence-electron chi connectivity index (χ1n) is 7.38. The Morgan fingerprint density at radius 1 is 1.12 bits per heavy atom. The summed E-state index contributed by atoms with van der Waals surface area (Å²) in [6.07, 6.45) is 0.803. The molecule has 8 heteroatoms. The molecular weight excluding hydrogens is 362 g/mol. The van der Waals surface area contributed by atoms with Gasteiger partial charge in [-0.1, -0.05) is 17.3 Å². The van der Waals surface area contributed by atoms with Crippen LogP contribution >= 0.6 is 0 Å². The number of nitriles is 1. The summed E-state index contributed by atoms with van der Waals surface area (Å²) in [5, 5.41) is 12.8. The van der Waals surface area contributed by atoms with Crippen molar-refractivity contribution in [3.63, 3.8) is 0 Å². The molecule has 0 N–H and O–H groups in total. The molecule has 0 aliphatic rings. The molecule has 0 saturated heterocycles. The van der Waals surface area contributed by atoms with Gasteiger partial charge in [0.05, 0.1) is 17.2 Å². The van der Waals surface area contributed by atoms with Crippen LogP contribution in [0.5, 0.6) is 0 Å². The first-order valence-corrected chi connectivity index (χ1v) is 9.28. The van der Waals surface area contributed by atoms with Crippen LogP contribution in [-0.2, 0) is 9.84 Å². The minimum absolute atomic E-state index is 0.159. The van der Waals surface area contributed by atoms with E-state index in [2.05, 4.69) is 5.16 Å². The molecule has 26 heavy (non-hydrogen) atoms. The number of benzene rings is 2. The average Bonchev–Trinajstić information content (AvgIpc) is 2.97. The lowest BCUT2D eigenvalue weighted by atomic mass is 9.98. The Morgan fingerprint density at radius 3 is 2.35 bits per heavy atom. The Bertz CT molecular complexity index is 1140. The second-order valence-electron chi connectivity index (χ2n) is 5.69. The van der Waals surface area contributed by atoms with Gasteiger partial charge in [-0.2, -0.15) is 5.26 Å². The number of aryl methyl sites for hydroxylation is 1. The van der Waals surface area contributed by atoms with Crippen molar-refractivity contribution in [1.29, 1.82) is 5.26 Å². The van der Waals surface area contributed by atoms with Crippen LogP contribution in [0.4, 0.5) is 8.78 Å². The minimum atomic E-state index is -3.91. The standard InChI is InChI=1S/C18H12F2N2O3S/c1-10-17(13-7-15(20)16(8-14(13)19)26(2,23)24)18(22-25-10)12-5-3-11(9-21)4-6-12/h3-8H,1-2H3. The molecule has 132 valence electrons. The summed E-state index contributed by atoms with van der Waals surface area (Å²) in [4.78, 5) is -0.715. The van der Waals surface area contributed by atoms with Crippen LogP contribution in [0.25, 0.3) is 22.4 Å². The van der Waals surface area contributed by atoms with Gasteiger partial charge in [-0.3, -0.25) is 0 Å². The number of rotatable bonds is 3. The monoisotopic (exact) mass is 374 g/mol. The highest BCUT2D eigenvalue weighted by Gasteiger charge is 2.24. The van der Waals surface area contributed by atoms with Crippen LogP contribution in [0.2, 0.25) is 0 Å². The molecule has 2 aromatic carbocycles. The van der Waals surface area contributed by atoms with Crippen molar-refractivity contribution in [3.8, 4) is 28.5 Å². The van der Waals surface area contributed by atoms with Gasteiger partial charge in [0.15, 0.2) is 9.84 Å². The van der Waals surface area contributed by atoms with Crippen molar-refractivity contribution in [2.45, 2.75) is 11.8 Å². The number of aromatic nitrogens is 1. The van der Waals surface area contributed by atoms with Crippen molar-refractivity contribution in [3.05, 3.63) is 59.4 Å². The summed E-state index contributed by atoms with van der Waals surface area (Å²) in [7, 11) is -3.91. The van der Waals surface area contributed by atoms with Crippen LogP contribution in [-0.4, -0.2) is 19.8 Å². The van der Waals surface area contributed by atoms with Crippen LogP contribution in [0, 0.1) is 29.9 Å². The van der Waals surface area contributed by atoms with E-state index < -0.39 is 26.4 Å². The van der Waals surface area contributed by atoms with E-state index in [4.69, 9.17) is 9.78 Å². The average molecular weight is 374 g/mol. The first kappa shape index (κ1) is 17.8. The molecule has 5 nitrogen and oxygen atoms in total. The molecule has 1 aromatic heterocycles. The zero-order chi connectivity index (χ0) is 19.1.